The van der Waals surface area contributed by atoms with Crippen LogP contribution >= 0.6 is 0 Å². The molecule has 102 valence electrons. The zero-order chi connectivity index (χ0) is 14.1. The number of benzene rings is 1. The van der Waals surface area contributed by atoms with Crippen molar-refractivity contribution in [3.05, 3.63) is 54.1 Å². The van der Waals surface area contributed by atoms with E-state index in [0.29, 0.717) is 16.9 Å². The lowest BCUT2D eigenvalue weighted by molar-refractivity contribution is 0.103. The van der Waals surface area contributed by atoms with E-state index in [9.17, 15) is 4.79 Å². The van der Waals surface area contributed by atoms with Gasteiger partial charge in [-0.1, -0.05) is 6.07 Å². The highest BCUT2D eigenvalue weighted by Gasteiger charge is 2.18. The van der Waals surface area contributed by atoms with E-state index in [1.165, 1.54) is 12.5 Å². The third-order valence-electron chi connectivity index (χ3n) is 3.06. The maximum atomic E-state index is 12.5. The standard InChI is InChI=1S/C16H15NO3/c1-10(2)20-14-5-3-4-13-15(14)12(8-17-13)16(18)11-6-7-19-9-11/h3-10,17H,1-2H3. The predicted molar refractivity (Wildman–Crippen MR) is 76.2 cm³/mol. The number of rotatable bonds is 4. The van der Waals surface area contributed by atoms with Crippen molar-refractivity contribution in [3.8, 4) is 5.75 Å². The molecule has 0 saturated carbocycles. The molecule has 2 heterocycles. The third-order valence-corrected chi connectivity index (χ3v) is 3.06. The van der Waals surface area contributed by atoms with Crippen LogP contribution in [0.5, 0.6) is 5.75 Å². The molecule has 0 bridgehead atoms. The normalized spacial score (nSPS) is 11.2. The number of hydrogen-bond donors (Lipinski definition) is 1. The summed E-state index contributed by atoms with van der Waals surface area (Å²) in [6.45, 7) is 3.92. The first-order valence-electron chi connectivity index (χ1n) is 6.50. The van der Waals surface area contributed by atoms with Gasteiger partial charge < -0.3 is 14.1 Å². The van der Waals surface area contributed by atoms with Crippen molar-refractivity contribution in [1.82, 2.24) is 4.98 Å². The zero-order valence-electron chi connectivity index (χ0n) is 11.3. The highest BCUT2D eigenvalue weighted by molar-refractivity contribution is 6.17. The number of fused-ring (bicyclic) bond motifs is 1. The van der Waals surface area contributed by atoms with Crippen molar-refractivity contribution in [2.24, 2.45) is 0 Å². The highest BCUT2D eigenvalue weighted by Crippen LogP contribution is 2.31. The number of ketones is 1. The van der Waals surface area contributed by atoms with Crippen molar-refractivity contribution in [2.75, 3.05) is 0 Å². The summed E-state index contributed by atoms with van der Waals surface area (Å²) in [5, 5.41) is 0.812. The number of nitrogens with one attached hydrogen (secondary N) is 1. The lowest BCUT2D eigenvalue weighted by atomic mass is 10.0. The molecule has 1 aromatic carbocycles. The monoisotopic (exact) mass is 269 g/mol. The molecule has 1 N–H and O–H groups in total. The van der Waals surface area contributed by atoms with Crippen LogP contribution < -0.4 is 4.74 Å². The Hall–Kier alpha value is -2.49. The number of hydrogen-bond acceptors (Lipinski definition) is 3. The Kier molecular flexibility index (Phi) is 3.06. The molecule has 0 saturated heterocycles. The lowest BCUT2D eigenvalue weighted by Crippen LogP contribution is -2.07. The van der Waals surface area contributed by atoms with Gasteiger partial charge in [-0.15, -0.1) is 0 Å². The molecular formula is C16H15NO3. The van der Waals surface area contributed by atoms with Crippen LogP contribution in [0.2, 0.25) is 0 Å². The molecule has 0 aliphatic rings. The summed E-state index contributed by atoms with van der Waals surface area (Å²) in [5.41, 5.74) is 2.01. The van der Waals surface area contributed by atoms with Crippen LogP contribution in [0.1, 0.15) is 29.8 Å². The minimum atomic E-state index is -0.0789. The molecule has 0 amide bonds. The minimum Gasteiger partial charge on any atom is -0.490 e. The molecule has 4 nitrogen and oxygen atoms in total. The smallest absolute Gasteiger partial charge is 0.198 e. The van der Waals surface area contributed by atoms with E-state index in [4.69, 9.17) is 9.15 Å². The fraction of sp³-hybridized carbons (Fsp3) is 0.188. The second-order valence-electron chi connectivity index (χ2n) is 4.89. The van der Waals surface area contributed by atoms with Gasteiger partial charge in [0.25, 0.3) is 0 Å². The van der Waals surface area contributed by atoms with Gasteiger partial charge in [0, 0.05) is 11.7 Å². The summed E-state index contributed by atoms with van der Waals surface area (Å²) < 4.78 is 10.8. The van der Waals surface area contributed by atoms with Crippen LogP contribution in [-0.2, 0) is 0 Å². The molecule has 3 rings (SSSR count). The quantitative estimate of drug-likeness (QED) is 0.733. The van der Waals surface area contributed by atoms with E-state index in [2.05, 4.69) is 4.98 Å². The number of furan rings is 1. The first-order chi connectivity index (χ1) is 9.66. The Morgan fingerprint density at radius 1 is 1.30 bits per heavy atom. The van der Waals surface area contributed by atoms with E-state index in [0.717, 1.165) is 10.9 Å². The molecule has 3 aromatic rings. The molecule has 20 heavy (non-hydrogen) atoms. The molecule has 0 spiro atoms. The summed E-state index contributed by atoms with van der Waals surface area (Å²) >= 11 is 0. The number of carbonyl (C=O) groups is 1. The average molecular weight is 269 g/mol. The summed E-state index contributed by atoms with van der Waals surface area (Å²) in [7, 11) is 0. The summed E-state index contributed by atoms with van der Waals surface area (Å²) in [5.74, 6) is 0.635. The van der Waals surface area contributed by atoms with Crippen LogP contribution in [0.15, 0.2) is 47.4 Å². The fourth-order valence-corrected chi connectivity index (χ4v) is 2.23. The van der Waals surface area contributed by atoms with Gasteiger partial charge in [0.1, 0.15) is 12.0 Å². The number of aromatic nitrogens is 1. The molecule has 0 atom stereocenters. The van der Waals surface area contributed by atoms with Crippen molar-refractivity contribution >= 4 is 16.7 Å². The number of H-pyrrole nitrogens is 1. The van der Waals surface area contributed by atoms with Gasteiger partial charge in [-0.2, -0.15) is 0 Å². The van der Waals surface area contributed by atoms with Crippen molar-refractivity contribution in [1.29, 1.82) is 0 Å². The van der Waals surface area contributed by atoms with E-state index < -0.39 is 0 Å². The first kappa shape index (κ1) is 12.5. The molecule has 4 heteroatoms. The Labute approximate surface area is 116 Å². The molecule has 0 fully saturated rings. The topological polar surface area (TPSA) is 55.2 Å². The molecule has 0 aliphatic heterocycles. The molecule has 2 aromatic heterocycles. The summed E-state index contributed by atoms with van der Waals surface area (Å²) in [4.78, 5) is 15.6. The van der Waals surface area contributed by atoms with Crippen LogP contribution in [-0.4, -0.2) is 16.9 Å². The van der Waals surface area contributed by atoms with Crippen LogP contribution in [0.4, 0.5) is 0 Å². The van der Waals surface area contributed by atoms with Gasteiger partial charge in [0.15, 0.2) is 5.78 Å². The Morgan fingerprint density at radius 2 is 2.15 bits per heavy atom. The lowest BCUT2D eigenvalue weighted by Gasteiger charge is -2.11. The summed E-state index contributed by atoms with van der Waals surface area (Å²) in [6, 6.07) is 7.37. The Bertz CT molecular complexity index is 738. The third kappa shape index (κ3) is 2.09. The van der Waals surface area contributed by atoms with Gasteiger partial charge in [-0.25, -0.2) is 0 Å². The van der Waals surface area contributed by atoms with E-state index >= 15 is 0 Å². The van der Waals surface area contributed by atoms with Crippen molar-refractivity contribution in [2.45, 2.75) is 20.0 Å². The highest BCUT2D eigenvalue weighted by atomic mass is 16.5. The maximum absolute atomic E-state index is 12.5. The minimum absolute atomic E-state index is 0.0485. The number of ether oxygens (including phenoxy) is 1. The first-order valence-corrected chi connectivity index (χ1v) is 6.50. The van der Waals surface area contributed by atoms with Gasteiger partial charge >= 0.3 is 0 Å². The molecule has 0 unspecified atom stereocenters. The van der Waals surface area contributed by atoms with E-state index in [1.807, 2.05) is 32.0 Å². The van der Waals surface area contributed by atoms with Gasteiger partial charge in [-0.3, -0.25) is 4.79 Å². The van der Waals surface area contributed by atoms with Gasteiger partial charge in [0.2, 0.25) is 0 Å². The largest absolute Gasteiger partial charge is 0.490 e. The fourth-order valence-electron chi connectivity index (χ4n) is 2.23. The maximum Gasteiger partial charge on any atom is 0.198 e. The van der Waals surface area contributed by atoms with Crippen molar-refractivity contribution in [3.63, 3.8) is 0 Å². The van der Waals surface area contributed by atoms with Crippen LogP contribution in [0, 0.1) is 0 Å². The van der Waals surface area contributed by atoms with Crippen molar-refractivity contribution < 1.29 is 13.9 Å². The zero-order valence-corrected chi connectivity index (χ0v) is 11.3. The van der Waals surface area contributed by atoms with Gasteiger partial charge in [0.05, 0.1) is 28.9 Å². The molecule has 0 aliphatic carbocycles. The number of carbonyl (C=O) groups excluding carboxylic acids is 1. The van der Waals surface area contributed by atoms with E-state index in [1.54, 1.807) is 12.3 Å². The Morgan fingerprint density at radius 3 is 2.85 bits per heavy atom. The second-order valence-corrected chi connectivity index (χ2v) is 4.89. The molecule has 0 radical (unpaired) electrons. The van der Waals surface area contributed by atoms with Crippen LogP contribution in [0.3, 0.4) is 0 Å². The predicted octanol–water partition coefficient (Wildman–Crippen LogP) is 3.78. The average Bonchev–Trinajstić information content (AvgIpc) is 3.07. The second kappa shape index (κ2) is 4.89. The van der Waals surface area contributed by atoms with E-state index in [-0.39, 0.29) is 11.9 Å². The Balaban J connectivity index is 2.14. The van der Waals surface area contributed by atoms with Crippen LogP contribution in [0.25, 0.3) is 10.9 Å². The molecular weight excluding hydrogens is 254 g/mol. The summed E-state index contributed by atoms with van der Waals surface area (Å²) in [6.07, 6.45) is 4.71. The van der Waals surface area contributed by atoms with Gasteiger partial charge in [-0.05, 0) is 32.0 Å². The number of aromatic amines is 1. The SMILES string of the molecule is CC(C)Oc1cccc2[nH]cc(C(=O)c3ccoc3)c12.